The average Bonchev–Trinajstić information content (AvgIpc) is 2.67. The molecule has 7 heteroatoms. The summed E-state index contributed by atoms with van der Waals surface area (Å²) in [6.45, 7) is -0.311. The number of para-hydroxylation sites is 1. The highest BCUT2D eigenvalue weighted by Crippen LogP contribution is 2.62. The summed E-state index contributed by atoms with van der Waals surface area (Å²) in [7, 11) is 0. The van der Waals surface area contributed by atoms with E-state index in [1.807, 2.05) is 6.07 Å². The van der Waals surface area contributed by atoms with E-state index in [-0.39, 0.29) is 30.5 Å². The second-order valence-electron chi connectivity index (χ2n) is 9.14. The fraction of sp³-hybridized carbons (Fsp3) is 0.545. The molecule has 7 nitrogen and oxygen atoms in total. The lowest BCUT2D eigenvalue weighted by atomic mass is 9.48. The standard InChI is InChI=1S/C22H23N3O4/c23-5-6-25-18(24-17-4-2-1-3-16(17)19(25)26)12-29-20(27)21-8-14-7-15(9-21)11-22(28,10-14)13-21/h1-4,14-15,28H,6-13H2/t14-,15+,21?,22?. The monoisotopic (exact) mass is 393 g/mol. The van der Waals surface area contributed by atoms with Gasteiger partial charge in [-0.15, -0.1) is 0 Å². The fourth-order valence-corrected chi connectivity index (χ4v) is 6.29. The van der Waals surface area contributed by atoms with Gasteiger partial charge in [-0.05, 0) is 62.5 Å². The zero-order valence-electron chi connectivity index (χ0n) is 16.1. The number of benzene rings is 1. The van der Waals surface area contributed by atoms with Crippen molar-refractivity contribution in [2.75, 3.05) is 0 Å². The highest BCUT2D eigenvalue weighted by Gasteiger charge is 2.60. The van der Waals surface area contributed by atoms with Gasteiger partial charge in [0.2, 0.25) is 0 Å². The second-order valence-corrected chi connectivity index (χ2v) is 9.14. The van der Waals surface area contributed by atoms with Crippen molar-refractivity contribution in [2.45, 2.75) is 57.3 Å². The molecule has 0 spiro atoms. The first-order chi connectivity index (χ1) is 13.9. The van der Waals surface area contributed by atoms with Gasteiger partial charge in [0.25, 0.3) is 5.56 Å². The first-order valence-electron chi connectivity index (χ1n) is 10.2. The number of nitriles is 1. The third kappa shape index (κ3) is 2.94. The zero-order chi connectivity index (χ0) is 20.2. The molecule has 2 aromatic rings. The number of rotatable bonds is 4. The highest BCUT2D eigenvalue weighted by molar-refractivity contribution is 5.78. The molecule has 29 heavy (non-hydrogen) atoms. The SMILES string of the molecule is N#CCn1c(COC(=O)C23C[C@@H]4C[C@@H](CC(O)(C4)C2)C3)nc2ccccc2c1=O. The largest absolute Gasteiger partial charge is 0.457 e. The van der Waals surface area contributed by atoms with Crippen LogP contribution in [0.15, 0.2) is 29.1 Å². The predicted molar refractivity (Wildman–Crippen MR) is 103 cm³/mol. The van der Waals surface area contributed by atoms with Crippen LogP contribution in [0.5, 0.6) is 0 Å². The van der Waals surface area contributed by atoms with Crippen LogP contribution in [0.4, 0.5) is 0 Å². The minimum Gasteiger partial charge on any atom is -0.457 e. The van der Waals surface area contributed by atoms with E-state index in [0.717, 1.165) is 32.1 Å². The molecule has 1 aromatic carbocycles. The quantitative estimate of drug-likeness (QED) is 0.799. The Balaban J connectivity index is 1.42. The number of hydrogen-bond donors (Lipinski definition) is 1. The summed E-state index contributed by atoms with van der Waals surface area (Å²) in [6, 6.07) is 8.92. The van der Waals surface area contributed by atoms with Crippen LogP contribution in [-0.2, 0) is 22.7 Å². The van der Waals surface area contributed by atoms with Gasteiger partial charge in [-0.2, -0.15) is 5.26 Å². The molecule has 1 heterocycles. The molecule has 4 aliphatic rings. The molecule has 4 aliphatic carbocycles. The van der Waals surface area contributed by atoms with Crippen molar-refractivity contribution < 1.29 is 14.6 Å². The minimum atomic E-state index is -0.743. The second kappa shape index (κ2) is 6.39. The molecule has 4 bridgehead atoms. The lowest BCUT2D eigenvalue weighted by molar-refractivity contribution is -0.197. The predicted octanol–water partition coefficient (Wildman–Crippen LogP) is 2.29. The van der Waals surface area contributed by atoms with Gasteiger partial charge in [-0.3, -0.25) is 14.2 Å². The molecule has 4 atom stereocenters. The Bertz CT molecular complexity index is 1090. The van der Waals surface area contributed by atoms with E-state index in [2.05, 4.69) is 4.98 Å². The number of fused-ring (bicyclic) bond motifs is 1. The molecule has 1 aromatic heterocycles. The van der Waals surface area contributed by atoms with Crippen LogP contribution in [0.1, 0.15) is 44.3 Å². The molecule has 1 N–H and O–H groups in total. The van der Waals surface area contributed by atoms with E-state index in [1.165, 1.54) is 4.57 Å². The van der Waals surface area contributed by atoms with Gasteiger partial charge in [0.15, 0.2) is 5.82 Å². The van der Waals surface area contributed by atoms with Crippen LogP contribution in [0.2, 0.25) is 0 Å². The molecule has 2 unspecified atom stereocenters. The van der Waals surface area contributed by atoms with Crippen molar-refractivity contribution >= 4 is 16.9 Å². The first kappa shape index (κ1) is 18.3. The summed E-state index contributed by atoms with van der Waals surface area (Å²) in [5, 5.41) is 20.4. The number of esters is 1. The molecule has 0 radical (unpaired) electrons. The third-order valence-electron chi connectivity index (χ3n) is 6.97. The van der Waals surface area contributed by atoms with Gasteiger partial charge in [0.1, 0.15) is 13.2 Å². The number of carbonyl (C=O) groups is 1. The summed E-state index contributed by atoms with van der Waals surface area (Å²) in [5.74, 6) is 0.719. The summed E-state index contributed by atoms with van der Waals surface area (Å²) >= 11 is 0. The summed E-state index contributed by atoms with van der Waals surface area (Å²) in [6.07, 6.45) is 4.65. The maximum absolute atomic E-state index is 13.1. The highest BCUT2D eigenvalue weighted by atomic mass is 16.5. The summed E-state index contributed by atoms with van der Waals surface area (Å²) < 4.78 is 6.93. The van der Waals surface area contributed by atoms with Crippen LogP contribution in [-0.4, -0.2) is 26.2 Å². The molecule has 0 amide bonds. The molecule has 4 fully saturated rings. The van der Waals surface area contributed by atoms with Gasteiger partial charge in [-0.25, -0.2) is 4.98 Å². The van der Waals surface area contributed by atoms with Crippen molar-refractivity contribution in [2.24, 2.45) is 17.3 Å². The fourth-order valence-electron chi connectivity index (χ4n) is 6.29. The first-order valence-corrected chi connectivity index (χ1v) is 10.2. The van der Waals surface area contributed by atoms with Crippen LogP contribution in [0.25, 0.3) is 10.9 Å². The maximum Gasteiger partial charge on any atom is 0.312 e. The zero-order valence-corrected chi connectivity index (χ0v) is 16.1. The van der Waals surface area contributed by atoms with E-state index >= 15 is 0 Å². The van der Waals surface area contributed by atoms with Crippen LogP contribution in [0.3, 0.4) is 0 Å². The smallest absolute Gasteiger partial charge is 0.312 e. The van der Waals surface area contributed by atoms with Gasteiger partial charge >= 0.3 is 5.97 Å². The molecule has 6 rings (SSSR count). The van der Waals surface area contributed by atoms with Crippen LogP contribution < -0.4 is 5.56 Å². The Morgan fingerprint density at radius 3 is 2.69 bits per heavy atom. The number of carbonyl (C=O) groups excluding carboxylic acids is 1. The summed E-state index contributed by atoms with van der Waals surface area (Å²) in [4.78, 5) is 30.3. The Kier molecular flexibility index (Phi) is 4.04. The lowest BCUT2D eigenvalue weighted by Crippen LogP contribution is -2.58. The number of aliphatic hydroxyl groups is 1. The van der Waals surface area contributed by atoms with Gasteiger partial charge in [0, 0.05) is 0 Å². The molecule has 0 aliphatic heterocycles. The van der Waals surface area contributed by atoms with E-state index in [9.17, 15) is 14.7 Å². The number of ether oxygens (including phenoxy) is 1. The normalized spacial score (nSPS) is 32.3. The Labute approximate surface area is 167 Å². The molecular weight excluding hydrogens is 370 g/mol. The lowest BCUT2D eigenvalue weighted by Gasteiger charge is -2.58. The Hall–Kier alpha value is -2.72. The minimum absolute atomic E-state index is 0.154. The van der Waals surface area contributed by atoms with E-state index in [4.69, 9.17) is 10.00 Å². The van der Waals surface area contributed by atoms with Gasteiger partial charge in [-0.1, -0.05) is 12.1 Å². The summed E-state index contributed by atoms with van der Waals surface area (Å²) in [5.41, 5.74) is -1.17. The van der Waals surface area contributed by atoms with Crippen molar-refractivity contribution in [1.82, 2.24) is 9.55 Å². The average molecular weight is 393 g/mol. The van der Waals surface area contributed by atoms with Crippen molar-refractivity contribution in [3.63, 3.8) is 0 Å². The third-order valence-corrected chi connectivity index (χ3v) is 6.97. The molecule has 4 saturated carbocycles. The topological polar surface area (TPSA) is 105 Å². The Morgan fingerprint density at radius 1 is 1.28 bits per heavy atom. The van der Waals surface area contributed by atoms with E-state index in [0.29, 0.717) is 29.2 Å². The van der Waals surface area contributed by atoms with Crippen molar-refractivity contribution in [3.8, 4) is 6.07 Å². The van der Waals surface area contributed by atoms with E-state index < -0.39 is 11.0 Å². The maximum atomic E-state index is 13.1. The van der Waals surface area contributed by atoms with Crippen molar-refractivity contribution in [1.29, 1.82) is 5.26 Å². The van der Waals surface area contributed by atoms with E-state index in [1.54, 1.807) is 24.3 Å². The molecule has 0 saturated heterocycles. The number of hydrogen-bond acceptors (Lipinski definition) is 6. The van der Waals surface area contributed by atoms with Gasteiger partial charge < -0.3 is 9.84 Å². The van der Waals surface area contributed by atoms with Crippen molar-refractivity contribution in [3.05, 3.63) is 40.4 Å². The van der Waals surface area contributed by atoms with Gasteiger partial charge in [0.05, 0.1) is 28.0 Å². The molecule has 150 valence electrons. The number of nitrogens with zero attached hydrogens (tertiary/aromatic N) is 3. The van der Waals surface area contributed by atoms with Crippen LogP contribution in [0, 0.1) is 28.6 Å². The Morgan fingerprint density at radius 2 is 2.00 bits per heavy atom. The van der Waals surface area contributed by atoms with Crippen LogP contribution >= 0.6 is 0 Å². The number of aromatic nitrogens is 2. The molecular formula is C22H23N3O4.